The molecule has 33 heavy (non-hydrogen) atoms. The Morgan fingerprint density at radius 1 is 1.27 bits per heavy atom. The molecule has 1 aliphatic rings. The zero-order valence-corrected chi connectivity index (χ0v) is 19.8. The summed E-state index contributed by atoms with van der Waals surface area (Å²) in [5, 5.41) is 22.4. The number of aliphatic imine (C=N–C) groups is 1. The quantitative estimate of drug-likeness (QED) is 0.283. The van der Waals surface area contributed by atoms with Gasteiger partial charge in [0, 0.05) is 28.3 Å². The molecule has 0 saturated heterocycles. The van der Waals surface area contributed by atoms with Gasteiger partial charge in [0.25, 0.3) is 0 Å². The highest BCUT2D eigenvalue weighted by atomic mass is 19.3. The lowest BCUT2D eigenvalue weighted by Gasteiger charge is -2.25. The van der Waals surface area contributed by atoms with Gasteiger partial charge in [-0.3, -0.25) is 5.41 Å². The molecule has 0 aliphatic heterocycles. The fraction of sp³-hybridized carbons (Fsp3) is 0.385. The lowest BCUT2D eigenvalue weighted by molar-refractivity contribution is 0.121. The summed E-state index contributed by atoms with van der Waals surface area (Å²) in [6.45, 7) is 6.88. The number of nitrogens with one attached hydrogen (secondary N) is 3. The molecule has 2 unspecified atom stereocenters. The standard InChI is InChI=1S/C26H32F2N4O/c1-6-17-9-8-14(3)19(11-17)20-13-21-22(12-18(20)7-2)32-25(33)24(21)16(5)31-23(29)10-15(4)30-26(27)28/h8-13,18,20,26,29-30,32-33H,6-7H2,1-5H3/b15-10-,29-23?,31-16?. The van der Waals surface area contributed by atoms with E-state index in [1.54, 1.807) is 6.92 Å². The van der Waals surface area contributed by atoms with Crippen LogP contribution in [0, 0.1) is 18.3 Å². The molecular weight excluding hydrogens is 422 g/mol. The summed E-state index contributed by atoms with van der Waals surface area (Å²) >= 11 is 0. The number of hydrogen-bond acceptors (Lipinski definition) is 3. The number of allylic oxidation sites excluding steroid dienone is 1. The lowest BCUT2D eigenvalue weighted by atomic mass is 9.78. The van der Waals surface area contributed by atoms with E-state index in [9.17, 15) is 13.9 Å². The summed E-state index contributed by atoms with van der Waals surface area (Å²) in [5.41, 5.74) is 4.89. The van der Waals surface area contributed by atoms with Gasteiger partial charge in [0.05, 0.1) is 11.3 Å². The van der Waals surface area contributed by atoms with Crippen LogP contribution in [0.2, 0.25) is 0 Å². The first kappa shape index (κ1) is 24.4. The number of aromatic nitrogens is 1. The zero-order valence-electron chi connectivity index (χ0n) is 19.8. The summed E-state index contributed by atoms with van der Waals surface area (Å²) < 4.78 is 24.9. The Labute approximate surface area is 193 Å². The number of alkyl halides is 2. The summed E-state index contributed by atoms with van der Waals surface area (Å²) in [4.78, 5) is 7.29. The van der Waals surface area contributed by atoms with Crippen molar-refractivity contribution in [2.45, 2.75) is 59.9 Å². The Morgan fingerprint density at radius 2 is 2.00 bits per heavy atom. The van der Waals surface area contributed by atoms with Gasteiger partial charge in [-0.05, 0) is 56.2 Å². The third-order valence-corrected chi connectivity index (χ3v) is 6.16. The van der Waals surface area contributed by atoms with Crippen molar-refractivity contribution in [2.24, 2.45) is 10.9 Å². The molecule has 1 aliphatic carbocycles. The van der Waals surface area contributed by atoms with Crippen LogP contribution in [0.4, 0.5) is 8.78 Å². The molecule has 4 N–H and O–H groups in total. The van der Waals surface area contributed by atoms with Gasteiger partial charge in [0.15, 0.2) is 5.88 Å². The molecule has 176 valence electrons. The van der Waals surface area contributed by atoms with Gasteiger partial charge in [-0.25, -0.2) is 4.99 Å². The topological polar surface area (TPSA) is 84.3 Å². The van der Waals surface area contributed by atoms with E-state index in [2.05, 4.69) is 61.1 Å². The SMILES string of the molecule is CCc1ccc(C)c(C2C=c3c(C(C)=NC(=N)/C=C(/C)NC(F)F)c(O)[nH]c3=CC2CC)c1. The van der Waals surface area contributed by atoms with Crippen LogP contribution in [-0.2, 0) is 6.42 Å². The highest BCUT2D eigenvalue weighted by Gasteiger charge is 2.25. The molecule has 1 aromatic heterocycles. The summed E-state index contributed by atoms with van der Waals surface area (Å²) in [7, 11) is 0. The minimum Gasteiger partial charge on any atom is -0.494 e. The van der Waals surface area contributed by atoms with E-state index in [-0.39, 0.29) is 29.2 Å². The van der Waals surface area contributed by atoms with Gasteiger partial charge in [-0.15, -0.1) is 0 Å². The lowest BCUT2D eigenvalue weighted by Crippen LogP contribution is -2.34. The van der Waals surface area contributed by atoms with E-state index in [1.165, 1.54) is 29.7 Å². The van der Waals surface area contributed by atoms with E-state index in [0.29, 0.717) is 11.3 Å². The third-order valence-electron chi connectivity index (χ3n) is 6.16. The Kier molecular flexibility index (Phi) is 7.51. The average molecular weight is 455 g/mol. The number of aryl methyl sites for hydroxylation is 2. The molecule has 7 heteroatoms. The normalized spacial score (nSPS) is 18.5. The summed E-state index contributed by atoms with van der Waals surface area (Å²) in [6, 6.07) is 6.59. The molecule has 0 radical (unpaired) electrons. The Hall–Kier alpha value is -3.22. The number of benzene rings is 1. The van der Waals surface area contributed by atoms with Crippen molar-refractivity contribution in [3.63, 3.8) is 0 Å². The molecule has 1 heterocycles. The van der Waals surface area contributed by atoms with Crippen LogP contribution in [0.3, 0.4) is 0 Å². The maximum atomic E-state index is 12.5. The Balaban J connectivity index is 2.09. The second-order valence-electron chi connectivity index (χ2n) is 8.51. The van der Waals surface area contributed by atoms with Crippen LogP contribution in [0.5, 0.6) is 5.88 Å². The smallest absolute Gasteiger partial charge is 0.312 e. The fourth-order valence-corrected chi connectivity index (χ4v) is 4.46. The molecule has 0 amide bonds. The monoisotopic (exact) mass is 454 g/mol. The predicted octanol–water partition coefficient (Wildman–Crippen LogP) is 4.48. The molecule has 5 nitrogen and oxygen atoms in total. The molecule has 2 aromatic rings. The fourth-order valence-electron chi connectivity index (χ4n) is 4.46. The van der Waals surface area contributed by atoms with Crippen molar-refractivity contribution in [1.82, 2.24) is 10.3 Å². The van der Waals surface area contributed by atoms with E-state index >= 15 is 0 Å². The number of aromatic amines is 1. The van der Waals surface area contributed by atoms with E-state index < -0.39 is 6.55 Å². The highest BCUT2D eigenvalue weighted by molar-refractivity contribution is 6.09. The average Bonchev–Trinajstić information content (AvgIpc) is 3.06. The van der Waals surface area contributed by atoms with Gasteiger partial charge in [0.1, 0.15) is 5.84 Å². The van der Waals surface area contributed by atoms with Gasteiger partial charge in [-0.1, -0.05) is 44.2 Å². The maximum absolute atomic E-state index is 12.5. The van der Waals surface area contributed by atoms with Crippen LogP contribution < -0.4 is 15.9 Å². The van der Waals surface area contributed by atoms with Crippen LogP contribution in [-0.4, -0.2) is 28.2 Å². The second kappa shape index (κ2) is 10.1. The first-order valence-electron chi connectivity index (χ1n) is 11.3. The Morgan fingerprint density at radius 3 is 2.64 bits per heavy atom. The minimum absolute atomic E-state index is 0.0116. The van der Waals surface area contributed by atoms with Gasteiger partial charge in [-0.2, -0.15) is 8.78 Å². The Bertz CT molecular complexity index is 1220. The van der Waals surface area contributed by atoms with E-state index in [0.717, 1.165) is 23.4 Å². The third kappa shape index (κ3) is 5.41. The summed E-state index contributed by atoms with van der Waals surface area (Å²) in [6.07, 6.45) is 7.49. The first-order chi connectivity index (χ1) is 15.6. The first-order valence-corrected chi connectivity index (χ1v) is 11.3. The second-order valence-corrected chi connectivity index (χ2v) is 8.51. The minimum atomic E-state index is -2.71. The van der Waals surface area contributed by atoms with Crippen molar-refractivity contribution < 1.29 is 13.9 Å². The van der Waals surface area contributed by atoms with Gasteiger partial charge >= 0.3 is 6.55 Å². The molecule has 3 rings (SSSR count). The van der Waals surface area contributed by atoms with Gasteiger partial charge in [0.2, 0.25) is 0 Å². The van der Waals surface area contributed by atoms with Crippen molar-refractivity contribution in [3.8, 4) is 5.88 Å². The molecular formula is C26H32F2N4O. The van der Waals surface area contributed by atoms with E-state index in [1.807, 2.05) is 5.32 Å². The molecule has 1 aromatic carbocycles. The van der Waals surface area contributed by atoms with Crippen molar-refractivity contribution in [1.29, 1.82) is 5.41 Å². The van der Waals surface area contributed by atoms with Crippen molar-refractivity contribution in [3.05, 3.63) is 62.8 Å². The van der Waals surface area contributed by atoms with Crippen LogP contribution in [0.15, 0.2) is 35.0 Å². The predicted molar refractivity (Wildman–Crippen MR) is 131 cm³/mol. The number of fused-ring (bicyclic) bond motifs is 1. The molecule has 0 fully saturated rings. The van der Waals surface area contributed by atoms with Gasteiger partial charge < -0.3 is 15.4 Å². The zero-order chi connectivity index (χ0) is 24.3. The number of halogens is 2. The number of H-pyrrole nitrogens is 1. The number of hydrogen-bond donors (Lipinski definition) is 4. The molecule has 0 spiro atoms. The molecule has 0 bridgehead atoms. The molecule has 0 saturated carbocycles. The van der Waals surface area contributed by atoms with Crippen LogP contribution in [0.1, 0.15) is 62.3 Å². The number of amidine groups is 1. The van der Waals surface area contributed by atoms with Crippen molar-refractivity contribution >= 4 is 23.7 Å². The maximum Gasteiger partial charge on any atom is 0.312 e. The molecule has 2 atom stereocenters. The number of rotatable bonds is 7. The number of nitrogens with zero attached hydrogens (tertiary/aromatic N) is 1. The highest BCUT2D eigenvalue weighted by Crippen LogP contribution is 2.34. The summed E-state index contributed by atoms with van der Waals surface area (Å²) in [5.74, 6) is 0.229. The van der Waals surface area contributed by atoms with Crippen molar-refractivity contribution in [2.75, 3.05) is 0 Å². The largest absolute Gasteiger partial charge is 0.494 e. The van der Waals surface area contributed by atoms with Crippen LogP contribution >= 0.6 is 0 Å². The number of aromatic hydroxyl groups is 1. The van der Waals surface area contributed by atoms with E-state index in [4.69, 9.17) is 5.41 Å². The van der Waals surface area contributed by atoms with Crippen LogP contribution in [0.25, 0.3) is 12.2 Å².